The molecule has 17 heavy (non-hydrogen) atoms. The van der Waals surface area contributed by atoms with E-state index in [-0.39, 0.29) is 6.61 Å². The van der Waals surface area contributed by atoms with Gasteiger partial charge in [0.15, 0.2) is 5.75 Å². The topological polar surface area (TPSA) is 92.7 Å². The van der Waals surface area contributed by atoms with Gasteiger partial charge < -0.3 is 9.84 Å². The highest BCUT2D eigenvalue weighted by Crippen LogP contribution is 2.21. The van der Waals surface area contributed by atoms with Crippen LogP contribution in [-0.2, 0) is 19.6 Å². The summed E-state index contributed by atoms with van der Waals surface area (Å²) in [5.41, 5.74) is -2.34. The summed E-state index contributed by atoms with van der Waals surface area (Å²) in [6.07, 6.45) is 0. The first-order chi connectivity index (χ1) is 7.41. The lowest BCUT2D eigenvalue weighted by atomic mass is 9.87. The second-order valence-electron chi connectivity index (χ2n) is 4.85. The van der Waals surface area contributed by atoms with Gasteiger partial charge in [-0.05, 0) is 34.6 Å². The van der Waals surface area contributed by atoms with Gasteiger partial charge in [0, 0.05) is 0 Å². The van der Waals surface area contributed by atoms with Crippen molar-refractivity contribution in [2.24, 2.45) is 0 Å². The Kier molecular flexibility index (Phi) is 5.12. The highest BCUT2D eigenvalue weighted by molar-refractivity contribution is 7.90. The highest BCUT2D eigenvalue weighted by Gasteiger charge is 2.38. The van der Waals surface area contributed by atoms with Gasteiger partial charge in [-0.3, -0.25) is 4.79 Å². The molecule has 0 radical (unpaired) electrons. The number of carbonyl (C=O) groups is 1. The Morgan fingerprint density at radius 1 is 1.29 bits per heavy atom. The van der Waals surface area contributed by atoms with Gasteiger partial charge >= 0.3 is 5.97 Å². The molecule has 0 aromatic heterocycles. The van der Waals surface area contributed by atoms with Gasteiger partial charge in [0.25, 0.3) is 0 Å². The lowest BCUT2D eigenvalue weighted by Crippen LogP contribution is -2.58. The second-order valence-corrected chi connectivity index (χ2v) is 6.57. The molecule has 0 aromatic carbocycles. The molecule has 0 aliphatic carbocycles. The van der Waals surface area contributed by atoms with E-state index in [2.05, 4.69) is 9.46 Å². The molecule has 2 N–H and O–H groups in total. The number of carbonyl (C=O) groups excluding carboxylic acids is 1. The highest BCUT2D eigenvalue weighted by atomic mass is 32.2. The van der Waals surface area contributed by atoms with Crippen molar-refractivity contribution in [3.8, 4) is 0 Å². The smallest absolute Gasteiger partial charge is 0.322 e. The van der Waals surface area contributed by atoms with Gasteiger partial charge in [-0.25, -0.2) is 13.1 Å². The van der Waals surface area contributed by atoms with E-state index in [1.54, 1.807) is 6.92 Å². The van der Waals surface area contributed by atoms with Gasteiger partial charge in [-0.2, -0.15) is 0 Å². The lowest BCUT2D eigenvalue weighted by Gasteiger charge is -2.37. The van der Waals surface area contributed by atoms with Crippen molar-refractivity contribution in [2.45, 2.75) is 45.8 Å². The van der Waals surface area contributed by atoms with E-state index in [1.807, 2.05) is 0 Å². The van der Waals surface area contributed by atoms with Crippen molar-refractivity contribution in [1.29, 1.82) is 0 Å². The fourth-order valence-corrected chi connectivity index (χ4v) is 2.40. The first-order valence-corrected chi connectivity index (χ1v) is 6.96. The molecular formula is C10H21NO5S. The Bertz CT molecular complexity index is 367. The van der Waals surface area contributed by atoms with Crippen LogP contribution in [0.5, 0.6) is 0 Å². The van der Waals surface area contributed by atoms with Crippen LogP contribution >= 0.6 is 0 Å². The van der Waals surface area contributed by atoms with E-state index in [0.717, 1.165) is 0 Å². The van der Waals surface area contributed by atoms with Crippen LogP contribution in [0.3, 0.4) is 0 Å². The summed E-state index contributed by atoms with van der Waals surface area (Å²) >= 11 is 0. The van der Waals surface area contributed by atoms with E-state index in [1.165, 1.54) is 27.7 Å². The summed E-state index contributed by atoms with van der Waals surface area (Å²) in [5.74, 6) is -1.56. The molecule has 6 nitrogen and oxygen atoms in total. The average molecular weight is 267 g/mol. The summed E-state index contributed by atoms with van der Waals surface area (Å²) in [4.78, 5) is 11.1. The molecule has 0 heterocycles. The van der Waals surface area contributed by atoms with Gasteiger partial charge in [0.05, 0.1) is 17.7 Å². The Balaban J connectivity index is 4.73. The molecule has 102 valence electrons. The van der Waals surface area contributed by atoms with Crippen LogP contribution < -0.4 is 4.72 Å². The van der Waals surface area contributed by atoms with Gasteiger partial charge in [0.2, 0.25) is 10.0 Å². The molecule has 0 amide bonds. The Morgan fingerprint density at radius 2 is 1.76 bits per heavy atom. The molecule has 0 aromatic rings. The van der Waals surface area contributed by atoms with Crippen LogP contribution in [0.1, 0.15) is 34.6 Å². The number of hydrogen-bond donors (Lipinski definition) is 2. The van der Waals surface area contributed by atoms with Crippen LogP contribution in [0.4, 0.5) is 0 Å². The maximum absolute atomic E-state index is 11.7. The lowest BCUT2D eigenvalue weighted by molar-refractivity contribution is -0.140. The Labute approximate surface area is 102 Å². The molecule has 0 spiro atoms. The number of esters is 1. The molecule has 0 aliphatic rings. The summed E-state index contributed by atoms with van der Waals surface area (Å²) in [6, 6.07) is 0. The summed E-state index contributed by atoms with van der Waals surface area (Å²) < 4.78 is 30.2. The molecule has 0 fully saturated rings. The van der Waals surface area contributed by atoms with Crippen LogP contribution in [0, 0.1) is 0 Å². The maximum atomic E-state index is 11.7. The van der Waals surface area contributed by atoms with E-state index in [0.29, 0.717) is 0 Å². The van der Waals surface area contributed by atoms with Crippen molar-refractivity contribution in [2.75, 3.05) is 12.4 Å². The number of hydrogen-bond acceptors (Lipinski definition) is 5. The first kappa shape index (κ1) is 16.3. The SMILES string of the molecule is CCOC(=O)CS(=O)(=O)NC(C)(C)C(C)(C)O. The summed E-state index contributed by atoms with van der Waals surface area (Å²) in [6.45, 7) is 7.77. The molecule has 0 saturated heterocycles. The average Bonchev–Trinajstić information content (AvgIpc) is 1.97. The third-order valence-corrected chi connectivity index (χ3v) is 3.99. The monoisotopic (exact) mass is 267 g/mol. The Morgan fingerprint density at radius 3 is 2.12 bits per heavy atom. The fourth-order valence-electron chi connectivity index (χ4n) is 0.908. The minimum Gasteiger partial charge on any atom is -0.465 e. The van der Waals surface area contributed by atoms with Crippen molar-refractivity contribution in [3.63, 3.8) is 0 Å². The molecule has 0 bridgehead atoms. The van der Waals surface area contributed by atoms with Crippen LogP contribution in [0.15, 0.2) is 0 Å². The number of nitrogens with one attached hydrogen (secondary N) is 1. The van der Waals surface area contributed by atoms with Crippen molar-refractivity contribution >= 4 is 16.0 Å². The normalized spacial score (nSPS) is 13.5. The minimum atomic E-state index is -3.83. The quantitative estimate of drug-likeness (QED) is 0.662. The number of ether oxygens (including phenoxy) is 1. The van der Waals surface area contributed by atoms with Crippen LogP contribution in [-0.4, -0.2) is 43.0 Å². The molecule has 0 rings (SSSR count). The van der Waals surface area contributed by atoms with Crippen LogP contribution in [0.25, 0.3) is 0 Å². The third-order valence-electron chi connectivity index (χ3n) is 2.55. The molecule has 0 unspecified atom stereocenters. The summed E-state index contributed by atoms with van der Waals surface area (Å²) in [7, 11) is -3.83. The van der Waals surface area contributed by atoms with E-state index in [4.69, 9.17) is 0 Å². The molecule has 0 atom stereocenters. The van der Waals surface area contributed by atoms with Gasteiger partial charge in [-0.1, -0.05) is 0 Å². The summed E-state index contributed by atoms with van der Waals surface area (Å²) in [5, 5.41) is 9.80. The zero-order valence-electron chi connectivity index (χ0n) is 10.9. The molecule has 7 heteroatoms. The number of rotatable bonds is 6. The standard InChI is InChI=1S/C10H21NO5S/c1-6-16-8(12)7-17(14,15)11-9(2,3)10(4,5)13/h11,13H,6-7H2,1-5H3. The third kappa shape index (κ3) is 5.47. The maximum Gasteiger partial charge on any atom is 0.322 e. The fraction of sp³-hybridized carbons (Fsp3) is 0.900. The van der Waals surface area contributed by atoms with Crippen LogP contribution in [0.2, 0.25) is 0 Å². The Hall–Kier alpha value is -0.660. The minimum absolute atomic E-state index is 0.128. The van der Waals surface area contributed by atoms with Gasteiger partial charge in [0.1, 0.15) is 0 Å². The molecule has 0 aliphatic heterocycles. The van der Waals surface area contributed by atoms with E-state index < -0.39 is 32.9 Å². The zero-order valence-corrected chi connectivity index (χ0v) is 11.7. The van der Waals surface area contributed by atoms with Crippen molar-refractivity contribution < 1.29 is 23.1 Å². The predicted molar refractivity (Wildman–Crippen MR) is 63.9 cm³/mol. The number of aliphatic hydroxyl groups is 1. The first-order valence-electron chi connectivity index (χ1n) is 5.31. The predicted octanol–water partition coefficient (Wildman–Crippen LogP) is 0.0184. The zero-order chi connectivity index (χ0) is 13.9. The molecule has 0 saturated carbocycles. The second kappa shape index (κ2) is 5.32. The van der Waals surface area contributed by atoms with E-state index in [9.17, 15) is 18.3 Å². The van der Waals surface area contributed by atoms with Gasteiger partial charge in [-0.15, -0.1) is 0 Å². The van der Waals surface area contributed by atoms with Crippen molar-refractivity contribution in [1.82, 2.24) is 4.72 Å². The van der Waals surface area contributed by atoms with Crippen molar-refractivity contribution in [3.05, 3.63) is 0 Å². The van der Waals surface area contributed by atoms with E-state index >= 15 is 0 Å². The number of sulfonamides is 1. The largest absolute Gasteiger partial charge is 0.465 e. The molecular weight excluding hydrogens is 246 g/mol.